The van der Waals surface area contributed by atoms with Crippen LogP contribution in [0.4, 0.5) is 5.69 Å². The van der Waals surface area contributed by atoms with Gasteiger partial charge in [-0.25, -0.2) is 17.9 Å². The number of carboxylic acid groups (broad SMARTS) is 1. The molecule has 1 aromatic carbocycles. The fourth-order valence-corrected chi connectivity index (χ4v) is 2.74. The second-order valence-electron chi connectivity index (χ2n) is 4.04. The Labute approximate surface area is 106 Å². The summed E-state index contributed by atoms with van der Waals surface area (Å²) in [5.41, 5.74) is 0.287. The second-order valence-corrected chi connectivity index (χ2v) is 5.75. The molecule has 0 aromatic heterocycles. The lowest BCUT2D eigenvalue weighted by Crippen LogP contribution is -2.30. The van der Waals surface area contributed by atoms with Gasteiger partial charge in [0.25, 0.3) is 0 Å². The summed E-state index contributed by atoms with van der Waals surface area (Å²) in [6, 6.07) is 3.67. The number of nitrogens with one attached hydrogen (secondary N) is 2. The molecule has 3 N–H and O–H groups in total. The smallest absolute Gasteiger partial charge is 0.337 e. The highest BCUT2D eigenvalue weighted by Crippen LogP contribution is 2.20. The molecule has 0 unspecified atom stereocenters. The number of rotatable bonds is 5. The van der Waals surface area contributed by atoms with Crippen LogP contribution in [-0.2, 0) is 10.0 Å². The Balaban J connectivity index is 3.28. The van der Waals surface area contributed by atoms with Crippen LogP contribution in [0.15, 0.2) is 23.1 Å². The minimum Gasteiger partial charge on any atom is -0.478 e. The normalized spacial score (nSPS) is 11.6. The molecule has 0 bridgehead atoms. The lowest BCUT2D eigenvalue weighted by molar-refractivity contribution is 0.0697. The molecule has 1 aromatic rings. The van der Waals surface area contributed by atoms with Gasteiger partial charge in [-0.3, -0.25) is 0 Å². The zero-order valence-electron chi connectivity index (χ0n) is 10.4. The lowest BCUT2D eigenvalue weighted by Gasteiger charge is -2.11. The Bertz CT molecular complexity index is 552. The lowest BCUT2D eigenvalue weighted by atomic mass is 10.2. The van der Waals surface area contributed by atoms with Crippen molar-refractivity contribution in [1.29, 1.82) is 0 Å². The topological polar surface area (TPSA) is 95.5 Å². The van der Waals surface area contributed by atoms with Crippen molar-refractivity contribution in [2.24, 2.45) is 0 Å². The molecule has 0 aliphatic carbocycles. The van der Waals surface area contributed by atoms with E-state index < -0.39 is 16.0 Å². The summed E-state index contributed by atoms with van der Waals surface area (Å²) >= 11 is 0. The van der Waals surface area contributed by atoms with E-state index in [0.29, 0.717) is 5.69 Å². The van der Waals surface area contributed by atoms with Crippen LogP contribution in [0.1, 0.15) is 24.2 Å². The van der Waals surface area contributed by atoms with Crippen LogP contribution in [0.2, 0.25) is 0 Å². The molecule has 6 nitrogen and oxygen atoms in total. The third-order valence-electron chi connectivity index (χ3n) is 2.19. The molecule has 0 aliphatic heterocycles. The van der Waals surface area contributed by atoms with Crippen molar-refractivity contribution >= 4 is 21.7 Å². The quantitative estimate of drug-likeness (QED) is 0.746. The standard InChI is InChI=1S/C11H16N2O4S/c1-7(2)13-18(16,17)8-4-5-10(12-3)9(6-8)11(14)15/h4-7,12-13H,1-3H3,(H,14,15). The Hall–Kier alpha value is -1.60. The van der Waals surface area contributed by atoms with Gasteiger partial charge in [-0.05, 0) is 32.0 Å². The average molecular weight is 272 g/mol. The minimum absolute atomic E-state index is 0.0624. The van der Waals surface area contributed by atoms with Crippen molar-refractivity contribution < 1.29 is 18.3 Å². The summed E-state index contributed by atoms with van der Waals surface area (Å²) in [6.45, 7) is 3.38. The van der Waals surface area contributed by atoms with E-state index >= 15 is 0 Å². The SMILES string of the molecule is CNc1ccc(S(=O)(=O)NC(C)C)cc1C(=O)O. The van der Waals surface area contributed by atoms with E-state index in [4.69, 9.17) is 5.11 Å². The zero-order chi connectivity index (χ0) is 13.9. The highest BCUT2D eigenvalue weighted by Gasteiger charge is 2.19. The zero-order valence-corrected chi connectivity index (χ0v) is 11.2. The van der Waals surface area contributed by atoms with E-state index in [-0.39, 0.29) is 16.5 Å². The Morgan fingerprint density at radius 2 is 1.94 bits per heavy atom. The molecule has 0 saturated heterocycles. The monoisotopic (exact) mass is 272 g/mol. The molecule has 0 heterocycles. The van der Waals surface area contributed by atoms with Crippen LogP contribution >= 0.6 is 0 Å². The Morgan fingerprint density at radius 1 is 1.33 bits per heavy atom. The van der Waals surface area contributed by atoms with Crippen molar-refractivity contribution in [3.05, 3.63) is 23.8 Å². The van der Waals surface area contributed by atoms with E-state index in [1.165, 1.54) is 12.1 Å². The fourth-order valence-electron chi connectivity index (χ4n) is 1.46. The first kappa shape index (κ1) is 14.5. The first-order chi connectivity index (χ1) is 8.27. The van der Waals surface area contributed by atoms with Crippen molar-refractivity contribution in [3.8, 4) is 0 Å². The molecule has 0 fully saturated rings. The van der Waals surface area contributed by atoms with Crippen molar-refractivity contribution in [2.45, 2.75) is 24.8 Å². The highest BCUT2D eigenvalue weighted by atomic mass is 32.2. The van der Waals surface area contributed by atoms with Gasteiger partial charge in [0.15, 0.2) is 0 Å². The Kier molecular flexibility index (Phi) is 4.31. The van der Waals surface area contributed by atoms with Crippen LogP contribution < -0.4 is 10.0 Å². The van der Waals surface area contributed by atoms with Crippen LogP contribution in [0.5, 0.6) is 0 Å². The predicted molar refractivity (Wildman–Crippen MR) is 68.4 cm³/mol. The van der Waals surface area contributed by atoms with E-state index in [1.54, 1.807) is 20.9 Å². The second kappa shape index (κ2) is 5.36. The van der Waals surface area contributed by atoms with Gasteiger partial charge in [-0.1, -0.05) is 0 Å². The van der Waals surface area contributed by atoms with Gasteiger partial charge in [0, 0.05) is 18.8 Å². The molecular formula is C11H16N2O4S. The maximum absolute atomic E-state index is 11.9. The molecular weight excluding hydrogens is 256 g/mol. The number of carboxylic acids is 1. The number of benzene rings is 1. The maximum atomic E-state index is 11.9. The summed E-state index contributed by atoms with van der Waals surface area (Å²) < 4.78 is 26.2. The molecule has 0 aliphatic rings. The Morgan fingerprint density at radius 3 is 2.39 bits per heavy atom. The molecule has 0 spiro atoms. The number of hydrogen-bond acceptors (Lipinski definition) is 4. The molecule has 1 rings (SSSR count). The van der Waals surface area contributed by atoms with Gasteiger partial charge in [0.2, 0.25) is 10.0 Å². The molecule has 100 valence electrons. The molecule has 7 heteroatoms. The fraction of sp³-hybridized carbons (Fsp3) is 0.364. The largest absolute Gasteiger partial charge is 0.478 e. The van der Waals surface area contributed by atoms with E-state index in [9.17, 15) is 13.2 Å². The molecule has 0 atom stereocenters. The third-order valence-corrected chi connectivity index (χ3v) is 3.85. The van der Waals surface area contributed by atoms with Crippen LogP contribution in [0, 0.1) is 0 Å². The van der Waals surface area contributed by atoms with Crippen molar-refractivity contribution in [2.75, 3.05) is 12.4 Å². The van der Waals surface area contributed by atoms with Gasteiger partial charge in [0.05, 0.1) is 10.5 Å². The average Bonchev–Trinajstić information content (AvgIpc) is 2.26. The molecule has 0 saturated carbocycles. The van der Waals surface area contributed by atoms with E-state index in [1.807, 2.05) is 0 Å². The van der Waals surface area contributed by atoms with E-state index in [2.05, 4.69) is 10.0 Å². The molecule has 18 heavy (non-hydrogen) atoms. The van der Waals surface area contributed by atoms with Crippen LogP contribution in [-0.4, -0.2) is 32.6 Å². The van der Waals surface area contributed by atoms with Gasteiger partial charge in [-0.15, -0.1) is 0 Å². The highest BCUT2D eigenvalue weighted by molar-refractivity contribution is 7.89. The van der Waals surface area contributed by atoms with E-state index in [0.717, 1.165) is 6.07 Å². The minimum atomic E-state index is -3.68. The van der Waals surface area contributed by atoms with Gasteiger partial charge in [-0.2, -0.15) is 0 Å². The first-order valence-electron chi connectivity index (χ1n) is 5.35. The first-order valence-corrected chi connectivity index (χ1v) is 6.83. The summed E-state index contributed by atoms with van der Waals surface area (Å²) in [5, 5.41) is 11.7. The number of hydrogen-bond donors (Lipinski definition) is 3. The summed E-state index contributed by atoms with van der Waals surface area (Å²) in [7, 11) is -2.11. The number of aromatic carboxylic acids is 1. The van der Waals surface area contributed by atoms with Gasteiger partial charge < -0.3 is 10.4 Å². The van der Waals surface area contributed by atoms with Crippen molar-refractivity contribution in [3.63, 3.8) is 0 Å². The third kappa shape index (κ3) is 3.21. The maximum Gasteiger partial charge on any atom is 0.337 e. The van der Waals surface area contributed by atoms with Gasteiger partial charge >= 0.3 is 5.97 Å². The summed E-state index contributed by atoms with van der Waals surface area (Å²) in [5.74, 6) is -1.18. The number of anilines is 1. The molecule has 0 radical (unpaired) electrons. The molecule has 0 amide bonds. The van der Waals surface area contributed by atoms with Crippen LogP contribution in [0.25, 0.3) is 0 Å². The summed E-state index contributed by atoms with van der Waals surface area (Å²) in [4.78, 5) is 11.0. The van der Waals surface area contributed by atoms with Gasteiger partial charge in [0.1, 0.15) is 0 Å². The van der Waals surface area contributed by atoms with Crippen molar-refractivity contribution in [1.82, 2.24) is 4.72 Å². The van der Waals surface area contributed by atoms with Crippen LogP contribution in [0.3, 0.4) is 0 Å². The number of carbonyl (C=O) groups is 1. The summed E-state index contributed by atoms with van der Waals surface area (Å²) in [6.07, 6.45) is 0. The number of sulfonamides is 1. The predicted octanol–water partition coefficient (Wildman–Crippen LogP) is 1.11.